The van der Waals surface area contributed by atoms with E-state index >= 15 is 0 Å². The average Bonchev–Trinajstić information content (AvgIpc) is 1.69. The lowest BCUT2D eigenvalue weighted by atomic mass is 11.0. The molecule has 4 heteroatoms. The average molecular weight is 198 g/mol. The molecule has 1 unspecified atom stereocenters. The molecule has 0 aromatic rings. The van der Waals surface area contributed by atoms with Crippen LogP contribution in [-0.4, -0.2) is 28.0 Å². The molecule has 0 amide bonds. The molecule has 1 radical (unpaired) electrons. The predicted molar refractivity (Wildman–Crippen MR) is 38.2 cm³/mol. The van der Waals surface area contributed by atoms with E-state index in [9.17, 15) is 0 Å². The first kappa shape index (κ1) is 8.62. The normalized spacial score (nSPS) is 14.6. The Hall–Kier alpha value is 0.617. The van der Waals surface area contributed by atoms with E-state index in [4.69, 9.17) is 8.85 Å². The zero-order valence-electron chi connectivity index (χ0n) is 5.27. The SMILES string of the molecule is CO[Si](OC)C(C)Br. The summed E-state index contributed by atoms with van der Waals surface area (Å²) in [5, 5.41) is 0. The highest BCUT2D eigenvalue weighted by Gasteiger charge is 2.17. The van der Waals surface area contributed by atoms with Crippen LogP contribution in [0.4, 0.5) is 0 Å². The number of rotatable bonds is 3. The van der Waals surface area contributed by atoms with E-state index in [2.05, 4.69) is 15.9 Å². The van der Waals surface area contributed by atoms with E-state index in [1.165, 1.54) is 0 Å². The second-order valence-corrected chi connectivity index (χ2v) is 5.88. The van der Waals surface area contributed by atoms with Crippen LogP contribution in [0.2, 0.25) is 0 Å². The maximum absolute atomic E-state index is 4.99. The van der Waals surface area contributed by atoms with Gasteiger partial charge in [-0.05, 0) is 0 Å². The first-order valence-electron chi connectivity index (χ1n) is 2.31. The fourth-order valence-electron chi connectivity index (χ4n) is 0.408. The minimum Gasteiger partial charge on any atom is -0.396 e. The van der Waals surface area contributed by atoms with E-state index in [-0.39, 0.29) is 0 Å². The topological polar surface area (TPSA) is 18.5 Å². The molecule has 0 spiro atoms. The molecule has 2 nitrogen and oxygen atoms in total. The van der Waals surface area contributed by atoms with Gasteiger partial charge in [0.15, 0.2) is 0 Å². The Morgan fingerprint density at radius 2 is 1.75 bits per heavy atom. The van der Waals surface area contributed by atoms with Crippen LogP contribution in [0.1, 0.15) is 6.92 Å². The maximum atomic E-state index is 4.99. The number of alkyl halides is 1. The molecular formula is C4H10BrO2Si. The molecule has 0 saturated carbocycles. The van der Waals surface area contributed by atoms with Crippen molar-refractivity contribution in [3.8, 4) is 0 Å². The Bertz CT molecular complexity index is 56.0. The van der Waals surface area contributed by atoms with Gasteiger partial charge in [0.2, 0.25) is 0 Å². The van der Waals surface area contributed by atoms with Crippen molar-refractivity contribution in [3.05, 3.63) is 0 Å². The standard InChI is InChI=1S/C4H10BrO2Si/c1-4(5)8(6-2)7-3/h4H,1-3H3. The van der Waals surface area contributed by atoms with E-state index in [0.29, 0.717) is 4.45 Å². The largest absolute Gasteiger partial charge is 0.398 e. The van der Waals surface area contributed by atoms with Gasteiger partial charge in [-0.3, -0.25) is 0 Å². The van der Waals surface area contributed by atoms with E-state index in [1.807, 2.05) is 6.92 Å². The number of halogens is 1. The lowest BCUT2D eigenvalue weighted by Crippen LogP contribution is -2.28. The minimum absolute atomic E-state index is 0.350. The summed E-state index contributed by atoms with van der Waals surface area (Å²) >= 11 is 3.36. The Morgan fingerprint density at radius 1 is 1.38 bits per heavy atom. The molecule has 0 saturated heterocycles. The van der Waals surface area contributed by atoms with Gasteiger partial charge in [-0.15, -0.1) is 0 Å². The van der Waals surface area contributed by atoms with Gasteiger partial charge in [-0.2, -0.15) is 0 Å². The molecule has 0 aliphatic carbocycles. The molecule has 0 fully saturated rings. The third-order valence-electron chi connectivity index (χ3n) is 0.727. The highest BCUT2D eigenvalue weighted by Crippen LogP contribution is 2.03. The van der Waals surface area contributed by atoms with E-state index in [0.717, 1.165) is 0 Å². The van der Waals surface area contributed by atoms with Crippen LogP contribution in [0.3, 0.4) is 0 Å². The molecule has 0 N–H and O–H groups in total. The summed E-state index contributed by atoms with van der Waals surface area (Å²) in [6, 6.07) is 0. The minimum atomic E-state index is -1.02. The van der Waals surface area contributed by atoms with Gasteiger partial charge in [0, 0.05) is 14.2 Å². The number of hydrogen-bond acceptors (Lipinski definition) is 2. The summed E-state index contributed by atoms with van der Waals surface area (Å²) in [5.74, 6) is 0. The van der Waals surface area contributed by atoms with E-state index < -0.39 is 9.28 Å². The summed E-state index contributed by atoms with van der Waals surface area (Å²) < 4.78 is 10.3. The molecule has 49 valence electrons. The molecule has 0 heterocycles. The fourth-order valence-corrected chi connectivity index (χ4v) is 2.35. The van der Waals surface area contributed by atoms with Crippen molar-refractivity contribution in [1.82, 2.24) is 0 Å². The van der Waals surface area contributed by atoms with Crippen molar-refractivity contribution in [1.29, 1.82) is 0 Å². The molecule has 1 atom stereocenters. The quantitative estimate of drug-likeness (QED) is 0.499. The Kier molecular flexibility index (Phi) is 4.84. The lowest BCUT2D eigenvalue weighted by molar-refractivity contribution is 0.278. The summed E-state index contributed by atoms with van der Waals surface area (Å²) in [6.45, 7) is 2.02. The highest BCUT2D eigenvalue weighted by atomic mass is 79.9. The Balaban J connectivity index is 3.35. The third kappa shape index (κ3) is 2.81. The maximum Gasteiger partial charge on any atom is 0.398 e. The summed E-state index contributed by atoms with van der Waals surface area (Å²) in [7, 11) is 2.30. The van der Waals surface area contributed by atoms with Crippen LogP contribution in [0.5, 0.6) is 0 Å². The number of hydrogen-bond donors (Lipinski definition) is 0. The third-order valence-corrected chi connectivity index (χ3v) is 3.30. The van der Waals surface area contributed by atoms with Gasteiger partial charge in [0.25, 0.3) is 0 Å². The Labute approximate surface area is 60.2 Å². The van der Waals surface area contributed by atoms with Gasteiger partial charge in [0.05, 0.1) is 4.45 Å². The van der Waals surface area contributed by atoms with Crippen LogP contribution >= 0.6 is 15.9 Å². The first-order chi connectivity index (χ1) is 3.72. The van der Waals surface area contributed by atoms with Gasteiger partial charge in [-0.1, -0.05) is 22.9 Å². The van der Waals surface area contributed by atoms with Crippen LogP contribution in [0.25, 0.3) is 0 Å². The molecule has 0 aliphatic rings. The molecule has 0 rings (SSSR count). The predicted octanol–water partition coefficient (Wildman–Crippen LogP) is 1.09. The van der Waals surface area contributed by atoms with Crippen molar-refractivity contribution in [3.63, 3.8) is 0 Å². The summed E-state index contributed by atoms with van der Waals surface area (Å²) in [6.07, 6.45) is 0. The monoisotopic (exact) mass is 197 g/mol. The van der Waals surface area contributed by atoms with Crippen LogP contribution < -0.4 is 0 Å². The fraction of sp³-hybridized carbons (Fsp3) is 1.00. The Morgan fingerprint density at radius 3 is 1.75 bits per heavy atom. The van der Waals surface area contributed by atoms with Crippen LogP contribution in [0.15, 0.2) is 0 Å². The smallest absolute Gasteiger partial charge is 0.396 e. The van der Waals surface area contributed by atoms with Gasteiger partial charge < -0.3 is 8.85 Å². The van der Waals surface area contributed by atoms with Gasteiger partial charge in [-0.25, -0.2) is 0 Å². The van der Waals surface area contributed by atoms with Crippen molar-refractivity contribution < 1.29 is 8.85 Å². The summed E-state index contributed by atoms with van der Waals surface area (Å²) in [5.41, 5.74) is 0. The van der Waals surface area contributed by atoms with Crippen LogP contribution in [0, 0.1) is 0 Å². The lowest BCUT2D eigenvalue weighted by Gasteiger charge is -2.09. The summed E-state index contributed by atoms with van der Waals surface area (Å²) in [4.78, 5) is 0. The van der Waals surface area contributed by atoms with Crippen molar-refractivity contribution in [2.75, 3.05) is 14.2 Å². The van der Waals surface area contributed by atoms with Crippen molar-refractivity contribution >= 4 is 25.2 Å². The van der Waals surface area contributed by atoms with Gasteiger partial charge in [0.1, 0.15) is 0 Å². The zero-order valence-corrected chi connectivity index (χ0v) is 7.86. The molecule has 0 aromatic carbocycles. The molecule has 0 aliphatic heterocycles. The second kappa shape index (κ2) is 4.49. The van der Waals surface area contributed by atoms with Gasteiger partial charge >= 0.3 is 9.28 Å². The van der Waals surface area contributed by atoms with Crippen LogP contribution in [-0.2, 0) is 8.85 Å². The van der Waals surface area contributed by atoms with E-state index in [1.54, 1.807) is 14.2 Å². The van der Waals surface area contributed by atoms with Crippen molar-refractivity contribution in [2.45, 2.75) is 11.4 Å². The molecular weight excluding hydrogens is 188 g/mol. The molecule has 0 aromatic heterocycles. The zero-order chi connectivity index (χ0) is 6.57. The highest BCUT2D eigenvalue weighted by molar-refractivity contribution is 9.10. The first-order valence-corrected chi connectivity index (χ1v) is 4.62. The van der Waals surface area contributed by atoms with Crippen molar-refractivity contribution in [2.24, 2.45) is 0 Å². The molecule has 8 heavy (non-hydrogen) atoms. The second-order valence-electron chi connectivity index (χ2n) is 1.34. The molecule has 0 bridgehead atoms.